The monoisotopic (exact) mass is 369 g/mol. The van der Waals surface area contributed by atoms with Crippen LogP contribution < -0.4 is 15.8 Å². The maximum atomic E-state index is 12.7. The predicted molar refractivity (Wildman–Crippen MR) is 95.7 cm³/mol. The molecule has 0 aromatic carbocycles. The maximum Gasteiger partial charge on any atom is 0.376 e. The molecular formula is C16H15N7O4. The van der Waals surface area contributed by atoms with Crippen molar-refractivity contribution in [3.8, 4) is 0 Å². The third kappa shape index (κ3) is 2.78. The molecule has 27 heavy (non-hydrogen) atoms. The molecule has 1 atom stereocenters. The molecule has 3 aromatic rings. The summed E-state index contributed by atoms with van der Waals surface area (Å²) < 4.78 is 2.68. The van der Waals surface area contributed by atoms with E-state index in [1.807, 2.05) is 0 Å². The number of hydrogen-bond acceptors (Lipinski definition) is 7. The van der Waals surface area contributed by atoms with E-state index in [-0.39, 0.29) is 17.4 Å². The fraction of sp³-hybridized carbons (Fsp3) is 0.250. The Labute approximate surface area is 152 Å². The van der Waals surface area contributed by atoms with Gasteiger partial charge < -0.3 is 10.2 Å². The molecule has 1 fully saturated rings. The largest absolute Gasteiger partial charge is 0.376 e. The topological polar surface area (TPSA) is 128 Å². The van der Waals surface area contributed by atoms with Crippen LogP contribution in [0.5, 0.6) is 0 Å². The molecule has 138 valence electrons. The number of carbonyl (C=O) groups is 1. The lowest BCUT2D eigenvalue weighted by Crippen LogP contribution is -2.34. The van der Waals surface area contributed by atoms with Crippen molar-refractivity contribution in [1.29, 1.82) is 0 Å². The average molecular weight is 369 g/mol. The second-order valence-electron chi connectivity index (χ2n) is 6.15. The summed E-state index contributed by atoms with van der Waals surface area (Å²) in [6.45, 7) is 0.433. The number of pyridine rings is 1. The molecule has 1 aliphatic heterocycles. The van der Waals surface area contributed by atoms with Gasteiger partial charge in [0.15, 0.2) is 0 Å². The Morgan fingerprint density at radius 3 is 2.85 bits per heavy atom. The van der Waals surface area contributed by atoms with Gasteiger partial charge in [-0.1, -0.05) is 6.07 Å². The van der Waals surface area contributed by atoms with E-state index in [0.29, 0.717) is 18.7 Å². The van der Waals surface area contributed by atoms with Crippen molar-refractivity contribution in [3.05, 3.63) is 57.3 Å². The third-order valence-electron chi connectivity index (χ3n) is 4.41. The lowest BCUT2D eigenvalue weighted by atomic mass is 10.2. The minimum Gasteiger partial charge on any atom is -0.352 e. The summed E-state index contributed by atoms with van der Waals surface area (Å²) in [7, 11) is 1.75. The Morgan fingerprint density at radius 2 is 2.15 bits per heavy atom. The molecule has 3 aromatic heterocycles. The van der Waals surface area contributed by atoms with Gasteiger partial charge in [0.25, 0.3) is 0 Å². The molecule has 0 spiro atoms. The summed E-state index contributed by atoms with van der Waals surface area (Å²) >= 11 is 0. The maximum absolute atomic E-state index is 12.7. The van der Waals surface area contributed by atoms with Crippen LogP contribution in [0.15, 0.2) is 41.6 Å². The molecule has 4 rings (SSSR count). The van der Waals surface area contributed by atoms with Crippen LogP contribution in [0.4, 0.5) is 17.2 Å². The number of aromatic nitrogens is 4. The summed E-state index contributed by atoms with van der Waals surface area (Å²) in [5.41, 5.74) is -0.591. The van der Waals surface area contributed by atoms with Crippen LogP contribution in [0.25, 0.3) is 5.65 Å². The highest BCUT2D eigenvalue weighted by atomic mass is 16.6. The van der Waals surface area contributed by atoms with Gasteiger partial charge in [-0.05, 0) is 18.6 Å². The highest BCUT2D eigenvalue weighted by molar-refractivity contribution is 6.01. The normalized spacial score (nSPS) is 16.9. The van der Waals surface area contributed by atoms with Gasteiger partial charge in [-0.2, -0.15) is 5.10 Å². The number of aryl methyl sites for hydroxylation is 1. The summed E-state index contributed by atoms with van der Waals surface area (Å²) in [5.74, 6) is -0.463. The minimum atomic E-state index is -0.803. The van der Waals surface area contributed by atoms with Crippen LogP contribution in [-0.2, 0) is 11.8 Å². The quantitative estimate of drug-likeness (QED) is 0.525. The van der Waals surface area contributed by atoms with Gasteiger partial charge in [0.2, 0.25) is 11.7 Å². The van der Waals surface area contributed by atoms with Gasteiger partial charge in [0.05, 0.1) is 16.8 Å². The van der Waals surface area contributed by atoms with Crippen molar-refractivity contribution < 1.29 is 9.72 Å². The first-order valence-electron chi connectivity index (χ1n) is 8.18. The third-order valence-corrected chi connectivity index (χ3v) is 4.41. The summed E-state index contributed by atoms with van der Waals surface area (Å²) in [5, 5.41) is 18.3. The summed E-state index contributed by atoms with van der Waals surface area (Å²) in [4.78, 5) is 41.5. The van der Waals surface area contributed by atoms with Crippen molar-refractivity contribution >= 4 is 28.7 Å². The number of amides is 1. The number of hydrogen-bond donors (Lipinski definition) is 1. The van der Waals surface area contributed by atoms with E-state index in [2.05, 4.69) is 15.4 Å². The number of nitrogens with one attached hydrogen (secondary N) is 1. The first-order valence-corrected chi connectivity index (χ1v) is 8.18. The van der Waals surface area contributed by atoms with Crippen molar-refractivity contribution in [2.75, 3.05) is 16.8 Å². The summed E-state index contributed by atoms with van der Waals surface area (Å²) in [6, 6.07) is 4.10. The number of anilines is 2. The molecule has 1 unspecified atom stereocenters. The Balaban J connectivity index is 1.69. The van der Waals surface area contributed by atoms with Crippen LogP contribution >= 0.6 is 0 Å². The molecule has 0 aliphatic carbocycles. The number of carbonyl (C=O) groups excluding carboxylic acids is 1. The Kier molecular flexibility index (Phi) is 3.83. The molecule has 1 aliphatic rings. The van der Waals surface area contributed by atoms with Gasteiger partial charge in [-0.25, -0.2) is 4.98 Å². The molecule has 11 heteroatoms. The van der Waals surface area contributed by atoms with Gasteiger partial charge in [-0.15, -0.1) is 0 Å². The van der Waals surface area contributed by atoms with Crippen LogP contribution in [-0.4, -0.2) is 42.6 Å². The Morgan fingerprint density at radius 1 is 1.33 bits per heavy atom. The Bertz CT molecular complexity index is 1120. The first-order chi connectivity index (χ1) is 13.0. The standard InChI is InChI=1S/C16H15N7O4/c1-20-9-10(8-17-20)21-7-5-11(15(21)24)18-14-13(23(26)27)16(25)22-6-3-2-4-12(22)19-14/h2-4,6,8-9,11,18H,5,7H2,1H3. The number of fused-ring (bicyclic) bond motifs is 1. The molecular weight excluding hydrogens is 354 g/mol. The number of rotatable bonds is 4. The van der Waals surface area contributed by atoms with Gasteiger partial charge in [0.1, 0.15) is 11.7 Å². The number of nitro groups is 1. The van der Waals surface area contributed by atoms with E-state index < -0.39 is 22.2 Å². The lowest BCUT2D eigenvalue weighted by Gasteiger charge is -2.15. The molecule has 1 saturated heterocycles. The second-order valence-corrected chi connectivity index (χ2v) is 6.15. The minimum absolute atomic E-state index is 0.206. The summed E-state index contributed by atoms with van der Waals surface area (Å²) in [6.07, 6.45) is 5.11. The van der Waals surface area contributed by atoms with Crippen LogP contribution in [0.3, 0.4) is 0 Å². The van der Waals surface area contributed by atoms with E-state index in [1.165, 1.54) is 6.20 Å². The number of nitrogens with zero attached hydrogens (tertiary/aromatic N) is 6. The van der Waals surface area contributed by atoms with Crippen molar-refractivity contribution in [3.63, 3.8) is 0 Å². The van der Waals surface area contributed by atoms with Crippen LogP contribution in [0, 0.1) is 10.1 Å². The zero-order valence-electron chi connectivity index (χ0n) is 14.3. The van der Waals surface area contributed by atoms with E-state index in [9.17, 15) is 19.7 Å². The molecule has 1 amide bonds. The molecule has 4 heterocycles. The second kappa shape index (κ2) is 6.20. The molecule has 0 bridgehead atoms. The highest BCUT2D eigenvalue weighted by Crippen LogP contribution is 2.25. The van der Waals surface area contributed by atoms with E-state index in [4.69, 9.17) is 0 Å². The molecule has 0 radical (unpaired) electrons. The lowest BCUT2D eigenvalue weighted by molar-refractivity contribution is -0.385. The van der Waals surface area contributed by atoms with Crippen molar-refractivity contribution in [2.45, 2.75) is 12.5 Å². The van der Waals surface area contributed by atoms with Gasteiger partial charge in [-0.3, -0.25) is 28.8 Å². The highest BCUT2D eigenvalue weighted by Gasteiger charge is 2.35. The first kappa shape index (κ1) is 16.7. The zero-order chi connectivity index (χ0) is 19.1. The van der Waals surface area contributed by atoms with Crippen molar-refractivity contribution in [2.24, 2.45) is 7.05 Å². The smallest absolute Gasteiger partial charge is 0.352 e. The SMILES string of the molecule is Cn1cc(N2CCC(Nc3nc4ccccn4c(=O)c3[N+](=O)[O-])C2=O)cn1. The van der Waals surface area contributed by atoms with Crippen LogP contribution in [0.2, 0.25) is 0 Å². The molecule has 1 N–H and O–H groups in total. The fourth-order valence-corrected chi connectivity index (χ4v) is 3.13. The molecule has 0 saturated carbocycles. The zero-order valence-corrected chi connectivity index (χ0v) is 14.3. The predicted octanol–water partition coefficient (Wildman–Crippen LogP) is 0.554. The van der Waals surface area contributed by atoms with E-state index in [0.717, 1.165) is 4.40 Å². The van der Waals surface area contributed by atoms with Crippen LogP contribution in [0.1, 0.15) is 6.42 Å². The van der Waals surface area contributed by atoms with Gasteiger partial charge >= 0.3 is 11.2 Å². The fourth-order valence-electron chi connectivity index (χ4n) is 3.13. The average Bonchev–Trinajstić information content (AvgIpc) is 3.21. The van der Waals surface area contributed by atoms with E-state index in [1.54, 1.807) is 47.2 Å². The Hall–Kier alpha value is -3.76. The van der Waals surface area contributed by atoms with Crippen molar-refractivity contribution in [1.82, 2.24) is 19.2 Å². The van der Waals surface area contributed by atoms with Gasteiger partial charge in [0, 0.05) is 26.0 Å². The molecule has 11 nitrogen and oxygen atoms in total. The van der Waals surface area contributed by atoms with E-state index >= 15 is 0 Å².